The van der Waals surface area contributed by atoms with Gasteiger partial charge in [0.05, 0.1) is 18.8 Å². The molecule has 1 aromatic rings. The van der Waals surface area contributed by atoms with E-state index in [-0.39, 0.29) is 6.29 Å². The zero-order chi connectivity index (χ0) is 12.6. The number of nitrogens with zero attached hydrogens (tertiary/aromatic N) is 3. The summed E-state index contributed by atoms with van der Waals surface area (Å²) in [7, 11) is 0. The standard InChI is InChI=1S/C12H20ClN3O2/c13-6-3-4-11-10-16(15-14-11)7-9-18-12-5-1-2-8-17-12/h10,12H,1-9H2. The fraction of sp³-hybridized carbons (Fsp3) is 0.833. The van der Waals surface area contributed by atoms with E-state index in [1.807, 2.05) is 10.9 Å². The normalized spacial score (nSPS) is 20.2. The number of rotatable bonds is 7. The molecule has 0 aromatic carbocycles. The lowest BCUT2D eigenvalue weighted by molar-refractivity contribution is -0.163. The van der Waals surface area contributed by atoms with Crippen molar-refractivity contribution in [3.05, 3.63) is 11.9 Å². The summed E-state index contributed by atoms with van der Waals surface area (Å²) >= 11 is 5.64. The minimum atomic E-state index is -0.0296. The fourth-order valence-corrected chi connectivity index (χ4v) is 2.06. The number of ether oxygens (including phenoxy) is 2. The molecule has 1 aliphatic heterocycles. The van der Waals surface area contributed by atoms with Crippen LogP contribution in [0.25, 0.3) is 0 Å². The Balaban J connectivity index is 1.64. The van der Waals surface area contributed by atoms with Gasteiger partial charge < -0.3 is 9.47 Å². The highest BCUT2D eigenvalue weighted by molar-refractivity contribution is 6.17. The Morgan fingerprint density at radius 1 is 1.50 bits per heavy atom. The van der Waals surface area contributed by atoms with Crippen molar-refractivity contribution in [2.75, 3.05) is 19.1 Å². The molecule has 2 heterocycles. The Labute approximate surface area is 112 Å². The number of halogens is 1. The van der Waals surface area contributed by atoms with Crippen LogP contribution in [0.4, 0.5) is 0 Å². The summed E-state index contributed by atoms with van der Waals surface area (Å²) < 4.78 is 12.9. The van der Waals surface area contributed by atoms with Crippen molar-refractivity contribution in [1.29, 1.82) is 0 Å². The van der Waals surface area contributed by atoms with Crippen LogP contribution in [0.3, 0.4) is 0 Å². The average molecular weight is 274 g/mol. The van der Waals surface area contributed by atoms with Crippen LogP contribution in [-0.2, 0) is 22.4 Å². The van der Waals surface area contributed by atoms with E-state index < -0.39 is 0 Å². The Morgan fingerprint density at radius 3 is 3.22 bits per heavy atom. The van der Waals surface area contributed by atoms with Gasteiger partial charge in [-0.25, -0.2) is 4.68 Å². The molecular formula is C12H20ClN3O2. The predicted octanol–water partition coefficient (Wildman–Crippen LogP) is 1.99. The van der Waals surface area contributed by atoms with Gasteiger partial charge in [0, 0.05) is 18.7 Å². The number of hydrogen-bond donors (Lipinski definition) is 0. The molecule has 0 amide bonds. The Morgan fingerprint density at radius 2 is 2.44 bits per heavy atom. The van der Waals surface area contributed by atoms with Crippen molar-refractivity contribution in [3.8, 4) is 0 Å². The molecule has 5 nitrogen and oxygen atoms in total. The van der Waals surface area contributed by atoms with Crippen molar-refractivity contribution in [2.24, 2.45) is 0 Å². The highest BCUT2D eigenvalue weighted by Gasteiger charge is 2.13. The van der Waals surface area contributed by atoms with Crippen LogP contribution in [-0.4, -0.2) is 40.4 Å². The van der Waals surface area contributed by atoms with Crippen LogP contribution in [0.2, 0.25) is 0 Å². The van der Waals surface area contributed by atoms with Crippen molar-refractivity contribution in [1.82, 2.24) is 15.0 Å². The fourth-order valence-electron chi connectivity index (χ4n) is 1.93. The second-order valence-corrected chi connectivity index (χ2v) is 4.81. The molecule has 1 atom stereocenters. The quantitative estimate of drug-likeness (QED) is 0.713. The average Bonchev–Trinajstić information content (AvgIpc) is 2.85. The number of aryl methyl sites for hydroxylation is 1. The van der Waals surface area contributed by atoms with E-state index in [0.717, 1.165) is 38.0 Å². The lowest BCUT2D eigenvalue weighted by Crippen LogP contribution is -2.24. The van der Waals surface area contributed by atoms with Gasteiger partial charge in [-0.2, -0.15) is 0 Å². The molecular weight excluding hydrogens is 254 g/mol. The molecule has 0 bridgehead atoms. The van der Waals surface area contributed by atoms with E-state index in [1.54, 1.807) is 0 Å². The maximum atomic E-state index is 5.65. The molecule has 0 radical (unpaired) electrons. The molecule has 1 aliphatic rings. The van der Waals surface area contributed by atoms with Gasteiger partial charge in [-0.15, -0.1) is 16.7 Å². The van der Waals surface area contributed by atoms with Gasteiger partial charge in [-0.05, 0) is 32.1 Å². The summed E-state index contributed by atoms with van der Waals surface area (Å²) in [6, 6.07) is 0. The van der Waals surface area contributed by atoms with Crippen molar-refractivity contribution in [3.63, 3.8) is 0 Å². The van der Waals surface area contributed by atoms with Crippen LogP contribution in [0, 0.1) is 0 Å². The predicted molar refractivity (Wildman–Crippen MR) is 68.6 cm³/mol. The summed E-state index contributed by atoms with van der Waals surface area (Å²) in [4.78, 5) is 0. The van der Waals surface area contributed by atoms with Gasteiger partial charge in [0.2, 0.25) is 0 Å². The Hall–Kier alpha value is -0.650. The lowest BCUT2D eigenvalue weighted by Gasteiger charge is -2.22. The Kier molecular flexibility index (Phi) is 5.90. The summed E-state index contributed by atoms with van der Waals surface area (Å²) in [6.07, 6.45) is 7.08. The second kappa shape index (κ2) is 7.71. The maximum absolute atomic E-state index is 5.65. The first kappa shape index (κ1) is 13.8. The van der Waals surface area contributed by atoms with Crippen LogP contribution in [0.5, 0.6) is 0 Å². The van der Waals surface area contributed by atoms with Gasteiger partial charge >= 0.3 is 0 Å². The molecule has 1 unspecified atom stereocenters. The van der Waals surface area contributed by atoms with Crippen LogP contribution in [0.1, 0.15) is 31.4 Å². The Bertz CT molecular complexity index is 340. The van der Waals surface area contributed by atoms with Gasteiger partial charge in [-0.1, -0.05) is 5.21 Å². The smallest absolute Gasteiger partial charge is 0.157 e. The first-order chi connectivity index (χ1) is 8.88. The molecule has 0 aliphatic carbocycles. The molecule has 1 aromatic heterocycles. The van der Waals surface area contributed by atoms with Crippen molar-refractivity contribution in [2.45, 2.75) is 44.9 Å². The molecule has 1 fully saturated rings. The molecule has 18 heavy (non-hydrogen) atoms. The van der Waals surface area contributed by atoms with Crippen molar-refractivity contribution >= 4 is 11.6 Å². The molecule has 1 saturated heterocycles. The van der Waals surface area contributed by atoms with Crippen LogP contribution in [0.15, 0.2) is 6.20 Å². The molecule has 6 heteroatoms. The van der Waals surface area contributed by atoms with Gasteiger partial charge in [-0.3, -0.25) is 0 Å². The van der Waals surface area contributed by atoms with E-state index in [2.05, 4.69) is 10.3 Å². The number of hydrogen-bond acceptors (Lipinski definition) is 4. The zero-order valence-corrected chi connectivity index (χ0v) is 11.3. The van der Waals surface area contributed by atoms with E-state index >= 15 is 0 Å². The van der Waals surface area contributed by atoms with Crippen molar-refractivity contribution < 1.29 is 9.47 Å². The van der Waals surface area contributed by atoms with E-state index in [0.29, 0.717) is 19.0 Å². The van der Waals surface area contributed by atoms with Gasteiger partial charge in [0.15, 0.2) is 6.29 Å². The minimum Gasteiger partial charge on any atom is -0.353 e. The molecule has 2 rings (SSSR count). The topological polar surface area (TPSA) is 49.2 Å². The molecule has 102 valence electrons. The third-order valence-electron chi connectivity index (χ3n) is 2.91. The van der Waals surface area contributed by atoms with E-state index in [4.69, 9.17) is 21.1 Å². The second-order valence-electron chi connectivity index (χ2n) is 4.43. The summed E-state index contributed by atoms with van der Waals surface area (Å²) in [5.41, 5.74) is 0.990. The number of alkyl halides is 1. The largest absolute Gasteiger partial charge is 0.353 e. The SMILES string of the molecule is ClCCCc1cn(CCOC2CCCCO2)nn1. The first-order valence-electron chi connectivity index (χ1n) is 6.56. The molecule has 0 saturated carbocycles. The molecule has 0 N–H and O–H groups in total. The number of aromatic nitrogens is 3. The molecule has 0 spiro atoms. The third kappa shape index (κ3) is 4.55. The van der Waals surface area contributed by atoms with Crippen LogP contribution >= 0.6 is 11.6 Å². The van der Waals surface area contributed by atoms with Gasteiger partial charge in [0.1, 0.15) is 0 Å². The highest BCUT2D eigenvalue weighted by atomic mass is 35.5. The maximum Gasteiger partial charge on any atom is 0.157 e. The zero-order valence-electron chi connectivity index (χ0n) is 10.6. The summed E-state index contributed by atoms with van der Waals surface area (Å²) in [6.45, 7) is 2.15. The third-order valence-corrected chi connectivity index (χ3v) is 3.18. The monoisotopic (exact) mass is 273 g/mol. The summed E-state index contributed by atoms with van der Waals surface area (Å²) in [5, 5.41) is 8.14. The minimum absolute atomic E-state index is 0.0296. The van der Waals surface area contributed by atoms with E-state index in [1.165, 1.54) is 6.42 Å². The van der Waals surface area contributed by atoms with Crippen LogP contribution < -0.4 is 0 Å². The van der Waals surface area contributed by atoms with Gasteiger partial charge in [0.25, 0.3) is 0 Å². The lowest BCUT2D eigenvalue weighted by atomic mass is 10.2. The summed E-state index contributed by atoms with van der Waals surface area (Å²) in [5.74, 6) is 0.662. The highest BCUT2D eigenvalue weighted by Crippen LogP contribution is 2.13. The first-order valence-corrected chi connectivity index (χ1v) is 7.10. The van der Waals surface area contributed by atoms with E-state index in [9.17, 15) is 0 Å².